The predicted octanol–water partition coefficient (Wildman–Crippen LogP) is 1.49. The second-order valence-corrected chi connectivity index (χ2v) is 8.08. The van der Waals surface area contributed by atoms with E-state index in [1.807, 2.05) is 24.3 Å². The van der Waals surface area contributed by atoms with Crippen molar-refractivity contribution >= 4 is 38.9 Å². The zero-order valence-electron chi connectivity index (χ0n) is 14.0. The first-order valence-electron chi connectivity index (χ1n) is 8.25. The molecule has 0 saturated carbocycles. The van der Waals surface area contributed by atoms with E-state index in [0.717, 1.165) is 15.1 Å². The Balaban J connectivity index is 1.59. The Hall–Kier alpha value is -1.56. The molecule has 0 bridgehead atoms. The van der Waals surface area contributed by atoms with Crippen LogP contribution < -0.4 is 0 Å². The molecule has 4 atom stereocenters. The van der Waals surface area contributed by atoms with Crippen molar-refractivity contribution in [2.75, 3.05) is 6.61 Å². The zero-order valence-corrected chi connectivity index (χ0v) is 16.4. The average Bonchev–Trinajstić information content (AvgIpc) is 3.23. The van der Waals surface area contributed by atoms with Gasteiger partial charge in [0, 0.05) is 15.1 Å². The Kier molecular flexibility index (Phi) is 5.44. The molecule has 1 aliphatic heterocycles. The largest absolute Gasteiger partial charge is 0.394 e. The number of rotatable bonds is 5. The lowest BCUT2D eigenvalue weighted by Crippen LogP contribution is -2.33. The summed E-state index contributed by atoms with van der Waals surface area (Å²) < 4.78 is 8.16. The highest BCUT2D eigenvalue weighted by Crippen LogP contribution is 2.32. The van der Waals surface area contributed by atoms with E-state index in [1.54, 1.807) is 16.3 Å². The maximum absolute atomic E-state index is 10.2. The van der Waals surface area contributed by atoms with Crippen molar-refractivity contribution in [2.45, 2.75) is 35.2 Å². The van der Waals surface area contributed by atoms with Gasteiger partial charge in [0.05, 0.1) is 18.6 Å². The number of fused-ring (bicyclic) bond motifs is 1. The summed E-state index contributed by atoms with van der Waals surface area (Å²) in [6.45, 7) is -0.384. The first-order chi connectivity index (χ1) is 13.1. The Labute approximate surface area is 167 Å². The number of aliphatic hydroxyl groups excluding tert-OH is 3. The van der Waals surface area contributed by atoms with Crippen LogP contribution in [-0.2, 0) is 10.5 Å². The molecule has 27 heavy (non-hydrogen) atoms. The minimum atomic E-state index is -1.19. The number of hydrogen-bond acceptors (Lipinski definition) is 8. The van der Waals surface area contributed by atoms with E-state index in [2.05, 4.69) is 30.9 Å². The van der Waals surface area contributed by atoms with Gasteiger partial charge in [-0.2, -0.15) is 0 Å². The topological polar surface area (TPSA) is 114 Å². The van der Waals surface area contributed by atoms with Gasteiger partial charge in [-0.1, -0.05) is 15.9 Å². The minimum Gasteiger partial charge on any atom is -0.394 e. The fourth-order valence-electron chi connectivity index (χ4n) is 2.98. The number of halogens is 1. The fourth-order valence-corrected chi connectivity index (χ4v) is 4.09. The molecule has 1 aliphatic rings. The molecule has 2 aromatic heterocycles. The van der Waals surface area contributed by atoms with Crippen molar-refractivity contribution in [1.29, 1.82) is 0 Å². The molecule has 8 nitrogen and oxygen atoms in total. The van der Waals surface area contributed by atoms with Crippen molar-refractivity contribution in [3.63, 3.8) is 0 Å². The summed E-state index contributed by atoms with van der Waals surface area (Å²) in [7, 11) is 0. The molecule has 0 aliphatic carbocycles. The smallest absolute Gasteiger partial charge is 0.165 e. The second-order valence-electron chi connectivity index (χ2n) is 6.12. The maximum Gasteiger partial charge on any atom is 0.165 e. The first-order valence-corrected chi connectivity index (χ1v) is 10.0. The van der Waals surface area contributed by atoms with Crippen molar-refractivity contribution < 1.29 is 20.1 Å². The number of hydrogen-bond donors (Lipinski definition) is 3. The Morgan fingerprint density at radius 1 is 1.11 bits per heavy atom. The van der Waals surface area contributed by atoms with E-state index in [4.69, 9.17) is 4.74 Å². The molecule has 0 radical (unpaired) electrons. The van der Waals surface area contributed by atoms with Gasteiger partial charge in [-0.3, -0.25) is 4.57 Å². The lowest BCUT2D eigenvalue weighted by atomic mass is 10.1. The average molecular weight is 453 g/mol. The van der Waals surface area contributed by atoms with E-state index in [-0.39, 0.29) is 6.61 Å². The molecule has 0 unspecified atom stereocenters. The summed E-state index contributed by atoms with van der Waals surface area (Å²) >= 11 is 5.05. The van der Waals surface area contributed by atoms with Crippen molar-refractivity contribution in [3.8, 4) is 0 Å². The molecular formula is C17H17BrN4O4S. The highest BCUT2D eigenvalue weighted by Gasteiger charge is 2.44. The van der Waals surface area contributed by atoms with Crippen LogP contribution in [0.5, 0.6) is 0 Å². The van der Waals surface area contributed by atoms with E-state index < -0.39 is 24.5 Å². The number of benzene rings is 1. The third-order valence-corrected chi connectivity index (χ3v) is 5.97. The van der Waals surface area contributed by atoms with Crippen LogP contribution in [0, 0.1) is 0 Å². The van der Waals surface area contributed by atoms with Crippen LogP contribution in [0.25, 0.3) is 11.2 Å². The summed E-state index contributed by atoms with van der Waals surface area (Å²) in [6, 6.07) is 8.00. The van der Waals surface area contributed by atoms with Gasteiger partial charge in [-0.05, 0) is 24.3 Å². The highest BCUT2D eigenvalue weighted by molar-refractivity contribution is 9.10. The minimum absolute atomic E-state index is 0.384. The molecule has 1 aromatic carbocycles. The van der Waals surface area contributed by atoms with Crippen LogP contribution in [0.2, 0.25) is 0 Å². The Morgan fingerprint density at radius 2 is 1.89 bits per heavy atom. The monoisotopic (exact) mass is 452 g/mol. The number of ether oxygens (including phenoxy) is 1. The van der Waals surface area contributed by atoms with Gasteiger partial charge in [-0.25, -0.2) is 15.0 Å². The van der Waals surface area contributed by atoms with E-state index in [1.165, 1.54) is 12.7 Å². The van der Waals surface area contributed by atoms with Gasteiger partial charge in [0.15, 0.2) is 11.9 Å². The van der Waals surface area contributed by atoms with E-state index in [0.29, 0.717) is 16.9 Å². The molecule has 0 spiro atoms. The predicted molar refractivity (Wildman–Crippen MR) is 102 cm³/mol. The van der Waals surface area contributed by atoms with Gasteiger partial charge in [0.1, 0.15) is 30.2 Å². The third-order valence-electron chi connectivity index (χ3n) is 4.42. The molecule has 0 amide bonds. The molecule has 3 N–H and O–H groups in total. The summed E-state index contributed by atoms with van der Waals surface area (Å²) in [5, 5.41) is 29.5. The van der Waals surface area contributed by atoms with E-state index >= 15 is 0 Å². The van der Waals surface area contributed by atoms with Crippen LogP contribution in [0.1, 0.15) is 11.9 Å². The Morgan fingerprint density at radius 3 is 2.59 bits per heavy atom. The molecule has 4 rings (SSSR count). The molecule has 142 valence electrons. The number of aliphatic hydroxyl groups is 3. The van der Waals surface area contributed by atoms with Gasteiger partial charge >= 0.3 is 0 Å². The van der Waals surface area contributed by atoms with Crippen LogP contribution in [0.4, 0.5) is 0 Å². The zero-order chi connectivity index (χ0) is 19.0. The highest BCUT2D eigenvalue weighted by atomic mass is 79.9. The Bertz CT molecular complexity index is 938. The van der Waals surface area contributed by atoms with Crippen molar-refractivity contribution in [1.82, 2.24) is 19.5 Å². The van der Waals surface area contributed by atoms with E-state index in [9.17, 15) is 15.3 Å². The summed E-state index contributed by atoms with van der Waals surface area (Å²) in [5.41, 5.74) is 1.88. The van der Waals surface area contributed by atoms with Crippen molar-refractivity contribution in [3.05, 3.63) is 47.1 Å². The van der Waals surface area contributed by atoms with Crippen LogP contribution in [0.15, 0.2) is 46.3 Å². The van der Waals surface area contributed by atoms with Gasteiger partial charge in [0.25, 0.3) is 0 Å². The molecule has 10 heteroatoms. The van der Waals surface area contributed by atoms with Gasteiger partial charge < -0.3 is 20.1 Å². The lowest BCUT2D eigenvalue weighted by molar-refractivity contribution is -0.0511. The number of nitrogens with zero attached hydrogens (tertiary/aromatic N) is 4. The van der Waals surface area contributed by atoms with Crippen LogP contribution >= 0.6 is 27.7 Å². The molecule has 1 fully saturated rings. The van der Waals surface area contributed by atoms with Crippen molar-refractivity contribution in [2.24, 2.45) is 0 Å². The van der Waals surface area contributed by atoms with Crippen LogP contribution in [0.3, 0.4) is 0 Å². The lowest BCUT2D eigenvalue weighted by Gasteiger charge is -2.16. The summed E-state index contributed by atoms with van der Waals surface area (Å²) in [4.78, 5) is 14.1. The molecule has 3 aromatic rings. The summed E-state index contributed by atoms with van der Waals surface area (Å²) in [6.07, 6.45) is -1.13. The maximum atomic E-state index is 10.2. The third kappa shape index (κ3) is 3.60. The van der Waals surface area contributed by atoms with Crippen LogP contribution in [-0.4, -0.2) is 59.8 Å². The first kappa shape index (κ1) is 18.8. The normalized spacial score (nSPS) is 25.3. The number of imidazole rings is 1. The molecule has 3 heterocycles. The fraction of sp³-hybridized carbons (Fsp3) is 0.353. The van der Waals surface area contributed by atoms with Gasteiger partial charge in [-0.15, -0.1) is 11.8 Å². The second kappa shape index (κ2) is 7.82. The SMILES string of the molecule is OC[C@H]1O[C@@H](n2cnc3c(CSc4ccc(Br)cc4)ncnc32)[C@H](O)[C@@H]1O. The standard InChI is InChI=1S/C17H17BrN4O4S/c18-9-1-3-10(4-2-9)27-6-11-13-16(20-7-19-11)22(8-21-13)17-15(25)14(24)12(5-23)26-17/h1-4,7-8,12,14-15,17,23-25H,5-6H2/t12-,14-,15-,17-/m1/s1. The number of aromatic nitrogens is 4. The van der Waals surface area contributed by atoms with Gasteiger partial charge in [0.2, 0.25) is 0 Å². The molecule has 1 saturated heterocycles. The summed E-state index contributed by atoms with van der Waals surface area (Å²) in [5.74, 6) is 0.605. The quantitative estimate of drug-likeness (QED) is 0.498. The molecular weight excluding hydrogens is 436 g/mol. The number of thioether (sulfide) groups is 1.